The van der Waals surface area contributed by atoms with Crippen LogP contribution < -0.4 is 15.4 Å². The lowest BCUT2D eigenvalue weighted by molar-refractivity contribution is 0.0949. The Bertz CT molecular complexity index is 1390. The van der Waals surface area contributed by atoms with Gasteiger partial charge in [0.15, 0.2) is 0 Å². The molecule has 0 bridgehead atoms. The predicted molar refractivity (Wildman–Crippen MR) is 116 cm³/mol. The highest BCUT2D eigenvalue weighted by molar-refractivity contribution is 7.21. The first kappa shape index (κ1) is 18.7. The van der Waals surface area contributed by atoms with E-state index < -0.39 is 0 Å². The van der Waals surface area contributed by atoms with Gasteiger partial charge in [-0.2, -0.15) is 4.98 Å². The second kappa shape index (κ2) is 6.98. The maximum Gasteiger partial charge on any atom is 0.263 e. The van der Waals surface area contributed by atoms with Crippen LogP contribution in [-0.2, 0) is 18.0 Å². The van der Waals surface area contributed by atoms with Gasteiger partial charge in [0.05, 0.1) is 47.4 Å². The molecule has 4 aromatic rings. The van der Waals surface area contributed by atoms with Crippen LogP contribution in [0.25, 0.3) is 21.1 Å². The molecular formula is C20H15ClN6O3S. The first-order valence-electron chi connectivity index (χ1n) is 9.64. The van der Waals surface area contributed by atoms with E-state index in [2.05, 4.69) is 30.6 Å². The zero-order chi connectivity index (χ0) is 21.1. The number of nitrogens with one attached hydrogen (secondary N) is 2. The highest BCUT2D eigenvalue weighted by Crippen LogP contribution is 2.40. The van der Waals surface area contributed by atoms with Crippen molar-refractivity contribution in [2.24, 2.45) is 0 Å². The quantitative estimate of drug-likeness (QED) is 0.441. The van der Waals surface area contributed by atoms with Crippen LogP contribution in [0.2, 0.25) is 5.28 Å². The first-order chi connectivity index (χ1) is 15.1. The number of amides is 1. The van der Waals surface area contributed by atoms with Crippen LogP contribution in [0.1, 0.15) is 27.9 Å². The molecule has 2 aliphatic heterocycles. The van der Waals surface area contributed by atoms with Crippen LogP contribution in [-0.4, -0.2) is 38.4 Å². The molecule has 31 heavy (non-hydrogen) atoms. The number of rotatable bonds is 2. The molecule has 0 unspecified atom stereocenters. The molecule has 156 valence electrons. The van der Waals surface area contributed by atoms with Gasteiger partial charge >= 0.3 is 0 Å². The molecule has 1 atom stereocenters. The van der Waals surface area contributed by atoms with Gasteiger partial charge in [0.1, 0.15) is 4.88 Å². The number of aromatic nitrogens is 4. The Labute approximate surface area is 184 Å². The molecule has 9 nitrogen and oxygen atoms in total. The number of nitrogens with zero attached hydrogens (tertiary/aromatic N) is 4. The van der Waals surface area contributed by atoms with Crippen molar-refractivity contribution in [3.05, 3.63) is 39.7 Å². The molecule has 0 saturated carbocycles. The van der Waals surface area contributed by atoms with Crippen molar-refractivity contribution < 1.29 is 14.3 Å². The number of fused-ring (bicyclic) bond motifs is 6. The third kappa shape index (κ3) is 3.06. The van der Waals surface area contributed by atoms with Crippen LogP contribution in [0, 0.1) is 0 Å². The van der Waals surface area contributed by atoms with Gasteiger partial charge in [-0.25, -0.2) is 15.0 Å². The van der Waals surface area contributed by atoms with Gasteiger partial charge in [-0.05, 0) is 30.7 Å². The molecule has 1 amide bonds. The van der Waals surface area contributed by atoms with E-state index in [0.29, 0.717) is 47.2 Å². The number of carbonyl (C=O) groups excluding carboxylic acids is 1. The Morgan fingerprint density at radius 2 is 2.16 bits per heavy atom. The topological polar surface area (TPSA) is 111 Å². The molecule has 2 aliphatic rings. The predicted octanol–water partition coefficient (Wildman–Crippen LogP) is 3.65. The van der Waals surface area contributed by atoms with Crippen molar-refractivity contribution in [3.63, 3.8) is 0 Å². The average Bonchev–Trinajstić information content (AvgIpc) is 3.33. The van der Waals surface area contributed by atoms with Crippen LogP contribution in [0.3, 0.4) is 0 Å². The van der Waals surface area contributed by atoms with Gasteiger partial charge in [0, 0.05) is 22.7 Å². The maximum absolute atomic E-state index is 12.6. The van der Waals surface area contributed by atoms with E-state index in [4.69, 9.17) is 21.1 Å². The highest BCUT2D eigenvalue weighted by atomic mass is 35.5. The minimum Gasteiger partial charge on any atom is -0.418 e. The lowest BCUT2D eigenvalue weighted by Gasteiger charge is -2.10. The summed E-state index contributed by atoms with van der Waals surface area (Å²) in [6, 6.07) is 3.85. The van der Waals surface area contributed by atoms with Crippen LogP contribution >= 0.6 is 22.9 Å². The van der Waals surface area contributed by atoms with Gasteiger partial charge in [-0.3, -0.25) is 4.79 Å². The average molecular weight is 455 g/mol. The van der Waals surface area contributed by atoms with Gasteiger partial charge < -0.3 is 20.1 Å². The number of hydrogen-bond acceptors (Lipinski definition) is 9. The molecule has 11 heteroatoms. The lowest BCUT2D eigenvalue weighted by atomic mass is 10.1. The van der Waals surface area contributed by atoms with Crippen molar-refractivity contribution in [3.8, 4) is 11.8 Å². The van der Waals surface area contributed by atoms with E-state index in [0.717, 1.165) is 21.3 Å². The summed E-state index contributed by atoms with van der Waals surface area (Å²) in [7, 11) is 0. The number of carbonyl (C=O) groups is 1. The Hall–Kier alpha value is -3.08. The van der Waals surface area contributed by atoms with E-state index in [1.165, 1.54) is 11.3 Å². The number of halogens is 1. The fourth-order valence-corrected chi connectivity index (χ4v) is 5.06. The van der Waals surface area contributed by atoms with Gasteiger partial charge in [0.25, 0.3) is 5.91 Å². The Morgan fingerprint density at radius 3 is 3.06 bits per heavy atom. The van der Waals surface area contributed by atoms with Crippen molar-refractivity contribution in [1.29, 1.82) is 0 Å². The molecular weight excluding hydrogens is 440 g/mol. The highest BCUT2D eigenvalue weighted by Gasteiger charge is 2.26. The summed E-state index contributed by atoms with van der Waals surface area (Å²) in [6.07, 6.45) is 1.55. The van der Waals surface area contributed by atoms with E-state index in [-0.39, 0.29) is 23.1 Å². The van der Waals surface area contributed by atoms with Crippen molar-refractivity contribution in [2.75, 3.05) is 11.9 Å². The van der Waals surface area contributed by atoms with Gasteiger partial charge in [0.2, 0.25) is 17.0 Å². The third-order valence-electron chi connectivity index (χ3n) is 5.22. The fourth-order valence-electron chi connectivity index (χ4n) is 3.80. The van der Waals surface area contributed by atoms with Crippen LogP contribution in [0.5, 0.6) is 11.8 Å². The normalized spacial score (nSPS) is 17.7. The minimum atomic E-state index is -0.0773. The summed E-state index contributed by atoms with van der Waals surface area (Å²) in [5.41, 5.74) is 3.62. The van der Waals surface area contributed by atoms with E-state index in [1.807, 2.05) is 19.1 Å². The largest absolute Gasteiger partial charge is 0.418 e. The molecule has 2 N–H and O–H groups in total. The number of thiophene rings is 1. The summed E-state index contributed by atoms with van der Waals surface area (Å²) in [4.78, 5) is 30.8. The smallest absolute Gasteiger partial charge is 0.263 e. The lowest BCUT2D eigenvalue weighted by Crippen LogP contribution is -2.34. The Kier molecular flexibility index (Phi) is 4.20. The third-order valence-corrected chi connectivity index (χ3v) is 6.55. The number of benzene rings is 1. The molecule has 0 fully saturated rings. The molecule has 0 radical (unpaired) electrons. The first-order valence-corrected chi connectivity index (χ1v) is 10.8. The fraction of sp³-hybridized carbons (Fsp3) is 0.250. The van der Waals surface area contributed by atoms with Crippen molar-refractivity contribution in [2.45, 2.75) is 26.2 Å². The summed E-state index contributed by atoms with van der Waals surface area (Å²) in [5.74, 6) is 0.529. The molecule has 1 aromatic carbocycles. The Balaban J connectivity index is 1.45. The molecule has 0 aliphatic carbocycles. The van der Waals surface area contributed by atoms with E-state index in [1.54, 1.807) is 6.20 Å². The monoisotopic (exact) mass is 454 g/mol. The molecule has 6 rings (SSSR count). The summed E-state index contributed by atoms with van der Waals surface area (Å²) < 4.78 is 12.3. The van der Waals surface area contributed by atoms with Crippen molar-refractivity contribution >= 4 is 55.7 Å². The molecule has 5 heterocycles. The number of hydrogen-bond donors (Lipinski definition) is 2. The van der Waals surface area contributed by atoms with Crippen molar-refractivity contribution in [1.82, 2.24) is 25.3 Å². The summed E-state index contributed by atoms with van der Waals surface area (Å²) >= 11 is 7.45. The molecule has 3 aromatic heterocycles. The second-order valence-corrected chi connectivity index (χ2v) is 8.78. The SMILES string of the molecule is C[C@@H]1CNc2c(sc3ccc4nc(Oc5nc(Cl)nc6c5COC6)cnc4c23)C(=O)N1. The van der Waals surface area contributed by atoms with Gasteiger partial charge in [-0.15, -0.1) is 11.3 Å². The van der Waals surface area contributed by atoms with E-state index in [9.17, 15) is 4.79 Å². The molecule has 0 saturated heterocycles. The summed E-state index contributed by atoms with van der Waals surface area (Å²) in [5, 5.41) is 7.36. The number of ether oxygens (including phenoxy) is 2. The van der Waals surface area contributed by atoms with Crippen LogP contribution in [0.4, 0.5) is 5.69 Å². The zero-order valence-corrected chi connectivity index (χ0v) is 17.8. The van der Waals surface area contributed by atoms with E-state index >= 15 is 0 Å². The van der Waals surface area contributed by atoms with Gasteiger partial charge in [-0.1, -0.05) is 0 Å². The maximum atomic E-state index is 12.6. The number of anilines is 1. The minimum absolute atomic E-state index is 0.0357. The molecule has 0 spiro atoms. The summed E-state index contributed by atoms with van der Waals surface area (Å²) in [6.45, 7) is 3.33. The van der Waals surface area contributed by atoms with Crippen LogP contribution in [0.15, 0.2) is 18.3 Å². The Morgan fingerprint density at radius 1 is 1.26 bits per heavy atom. The standard InChI is InChI=1S/C20H15ClN6O3S/c1-8-4-22-16-14-12(31-17(16)18(28)24-8)3-2-10-15(14)23-5-13(25-10)30-19-9-6-29-7-11(9)26-20(21)27-19/h2-3,5,8,22H,4,6-7H2,1H3,(H,24,28)/t8-/m1/s1. The second-order valence-electron chi connectivity index (χ2n) is 7.39. The zero-order valence-electron chi connectivity index (χ0n) is 16.2.